The van der Waals surface area contributed by atoms with E-state index < -0.39 is 22.7 Å². The van der Waals surface area contributed by atoms with Crippen LogP contribution in [0, 0.1) is 24.5 Å². The second-order valence-electron chi connectivity index (χ2n) is 6.73. The van der Waals surface area contributed by atoms with E-state index in [9.17, 15) is 17.5 Å². The second-order valence-corrected chi connectivity index (χ2v) is 8.70. The molecule has 4 N–H and O–H groups in total. The zero-order valence-corrected chi connectivity index (χ0v) is 17.2. The molecule has 0 amide bonds. The van der Waals surface area contributed by atoms with Crippen molar-refractivity contribution in [3.05, 3.63) is 52.5 Å². The first-order valence-electron chi connectivity index (χ1n) is 8.76. The Kier molecular flexibility index (Phi) is 6.56. The largest absolute Gasteiger partial charge is 0.767 e. The van der Waals surface area contributed by atoms with E-state index in [1.807, 2.05) is 0 Å². The molecule has 0 aliphatic heterocycles. The number of benzene rings is 1. The minimum atomic E-state index is -2.27. The number of aromatic nitrogens is 2. The highest BCUT2D eigenvalue weighted by atomic mass is 32.2. The molecular weight excluding hydrogens is 418 g/mol. The molecule has 1 aliphatic carbocycles. The Morgan fingerprint density at radius 1 is 1.24 bits per heavy atom. The number of halogens is 2. The monoisotopic (exact) mass is 437 g/mol. The molecular formula is C19H19F2N4O2S2-. The third kappa shape index (κ3) is 5.55. The van der Waals surface area contributed by atoms with Gasteiger partial charge in [0.2, 0.25) is 0 Å². The predicted molar refractivity (Wildman–Crippen MR) is 109 cm³/mol. The Hall–Kier alpha value is -2.43. The topological polar surface area (TPSA) is 118 Å². The van der Waals surface area contributed by atoms with Gasteiger partial charge in [-0.2, -0.15) is 0 Å². The van der Waals surface area contributed by atoms with Gasteiger partial charge in [0, 0.05) is 10.4 Å². The van der Waals surface area contributed by atoms with Gasteiger partial charge in [-0.1, -0.05) is 0 Å². The molecule has 29 heavy (non-hydrogen) atoms. The predicted octanol–water partition coefficient (Wildman–Crippen LogP) is 3.83. The van der Waals surface area contributed by atoms with Crippen LogP contribution in [0.3, 0.4) is 0 Å². The standard InChI is InChI=1S/C13H12F2N2S.C6H8N2O2S/c14-9-4-3-8(6-10(9)15)12-11(5-7-1-2-7)18-13(16)17-12;1-4-2-5(7)3-8-6(4)11(9)10/h3-4,6-7H,1-2,5H2,(H2,16,17);2-3H,7H2,1H3,(H,9,10)/p-1. The number of rotatable bonds is 4. The molecule has 10 heteroatoms. The van der Waals surface area contributed by atoms with Crippen LogP contribution in [0.15, 0.2) is 35.5 Å². The van der Waals surface area contributed by atoms with Gasteiger partial charge in [-0.25, -0.2) is 18.7 Å². The van der Waals surface area contributed by atoms with Gasteiger partial charge in [-0.05, 0) is 73.0 Å². The van der Waals surface area contributed by atoms with Crippen LogP contribution < -0.4 is 11.5 Å². The van der Waals surface area contributed by atoms with Crippen LogP contribution in [-0.4, -0.2) is 18.7 Å². The summed E-state index contributed by atoms with van der Waals surface area (Å²) in [5.41, 5.74) is 13.4. The number of nitrogen functional groups attached to an aromatic ring is 2. The Morgan fingerprint density at radius 3 is 2.55 bits per heavy atom. The molecule has 0 saturated heterocycles. The third-order valence-electron chi connectivity index (χ3n) is 4.29. The molecule has 1 atom stereocenters. The summed E-state index contributed by atoms with van der Waals surface area (Å²) in [5.74, 6) is -0.990. The molecule has 2 heterocycles. The number of nitrogens with zero attached hydrogens (tertiary/aromatic N) is 2. The summed E-state index contributed by atoms with van der Waals surface area (Å²) in [4.78, 5) is 8.95. The molecule has 3 aromatic rings. The Bertz CT molecular complexity index is 1050. The lowest BCUT2D eigenvalue weighted by atomic mass is 10.1. The quantitative estimate of drug-likeness (QED) is 0.599. The van der Waals surface area contributed by atoms with Gasteiger partial charge in [0.15, 0.2) is 16.8 Å². The van der Waals surface area contributed by atoms with Gasteiger partial charge < -0.3 is 16.0 Å². The number of thiazole rings is 1. The Balaban J connectivity index is 0.000000188. The van der Waals surface area contributed by atoms with E-state index in [1.165, 1.54) is 36.4 Å². The summed E-state index contributed by atoms with van der Waals surface area (Å²) in [5, 5.41) is 0.532. The molecule has 154 valence electrons. The zero-order valence-electron chi connectivity index (χ0n) is 15.5. The molecule has 0 radical (unpaired) electrons. The van der Waals surface area contributed by atoms with Crippen molar-refractivity contribution in [2.45, 2.75) is 31.2 Å². The number of hydrogen-bond acceptors (Lipinski definition) is 7. The molecule has 1 unspecified atom stereocenters. The number of hydrogen-bond donors (Lipinski definition) is 2. The maximum absolute atomic E-state index is 13.2. The molecule has 1 aromatic carbocycles. The molecule has 4 rings (SSSR count). The van der Waals surface area contributed by atoms with E-state index >= 15 is 0 Å². The van der Waals surface area contributed by atoms with E-state index in [-0.39, 0.29) is 5.03 Å². The molecule has 6 nitrogen and oxygen atoms in total. The highest BCUT2D eigenvalue weighted by Gasteiger charge is 2.25. The van der Waals surface area contributed by atoms with E-state index in [2.05, 4.69) is 9.97 Å². The Morgan fingerprint density at radius 2 is 1.97 bits per heavy atom. The minimum absolute atomic E-state index is 0.0548. The molecule has 0 spiro atoms. The number of anilines is 2. The molecule has 2 aromatic heterocycles. The smallest absolute Gasteiger partial charge is 0.180 e. The SMILES string of the molecule is Cc1cc(N)cnc1S(=O)[O-].Nc1nc(-c2ccc(F)c(F)c2)c(CC2CC2)s1. The minimum Gasteiger partial charge on any atom is -0.767 e. The first kappa shape index (κ1) is 21.3. The van der Waals surface area contributed by atoms with Crippen molar-refractivity contribution in [3.63, 3.8) is 0 Å². The average Bonchev–Trinajstić information content (AvgIpc) is 3.38. The fourth-order valence-electron chi connectivity index (χ4n) is 2.72. The van der Waals surface area contributed by atoms with Crippen molar-refractivity contribution in [2.75, 3.05) is 11.5 Å². The summed E-state index contributed by atoms with van der Waals surface area (Å²) in [6.07, 6.45) is 4.71. The van der Waals surface area contributed by atoms with Crippen molar-refractivity contribution in [3.8, 4) is 11.3 Å². The van der Waals surface area contributed by atoms with Gasteiger partial charge in [0.05, 0.1) is 17.6 Å². The molecule has 1 saturated carbocycles. The van der Waals surface area contributed by atoms with E-state index in [4.69, 9.17) is 11.5 Å². The van der Waals surface area contributed by atoms with Crippen LogP contribution in [0.1, 0.15) is 23.3 Å². The summed E-state index contributed by atoms with van der Waals surface area (Å²) in [6, 6.07) is 5.42. The molecule has 1 aliphatic rings. The summed E-state index contributed by atoms with van der Waals surface area (Å²) in [6.45, 7) is 1.65. The lowest BCUT2D eigenvalue weighted by molar-refractivity contribution is 0.509. The van der Waals surface area contributed by atoms with Gasteiger partial charge in [-0.3, -0.25) is 4.21 Å². The van der Waals surface area contributed by atoms with Crippen LogP contribution in [0.25, 0.3) is 11.3 Å². The normalized spacial score (nSPS) is 14.2. The van der Waals surface area contributed by atoms with E-state index in [1.54, 1.807) is 19.1 Å². The second kappa shape index (κ2) is 8.93. The first-order chi connectivity index (χ1) is 13.7. The van der Waals surface area contributed by atoms with Crippen LogP contribution in [0.4, 0.5) is 19.6 Å². The third-order valence-corrected chi connectivity index (χ3v) is 5.94. The lowest BCUT2D eigenvalue weighted by Gasteiger charge is -2.06. The summed E-state index contributed by atoms with van der Waals surface area (Å²) < 4.78 is 47.0. The summed E-state index contributed by atoms with van der Waals surface area (Å²) >= 11 is -0.827. The van der Waals surface area contributed by atoms with Crippen molar-refractivity contribution in [2.24, 2.45) is 5.92 Å². The number of nitrogens with two attached hydrogens (primary N) is 2. The van der Waals surface area contributed by atoms with E-state index in [0.717, 1.165) is 17.4 Å². The van der Waals surface area contributed by atoms with Crippen LogP contribution in [-0.2, 0) is 17.5 Å². The van der Waals surface area contributed by atoms with Crippen molar-refractivity contribution >= 4 is 33.2 Å². The first-order valence-corrected chi connectivity index (χ1v) is 10.7. The van der Waals surface area contributed by atoms with Gasteiger partial charge in [0.1, 0.15) is 5.03 Å². The lowest BCUT2D eigenvalue weighted by Crippen LogP contribution is -1.98. The fourth-order valence-corrected chi connectivity index (χ4v) is 4.15. The Labute approximate surface area is 173 Å². The molecule has 1 fully saturated rings. The number of pyridine rings is 1. The average molecular weight is 438 g/mol. The van der Waals surface area contributed by atoms with Crippen LogP contribution >= 0.6 is 11.3 Å². The van der Waals surface area contributed by atoms with Crippen molar-refractivity contribution < 1.29 is 17.5 Å². The van der Waals surface area contributed by atoms with Crippen molar-refractivity contribution in [1.82, 2.24) is 9.97 Å². The fraction of sp³-hybridized carbons (Fsp3) is 0.263. The zero-order chi connectivity index (χ0) is 21.1. The van der Waals surface area contributed by atoms with Gasteiger partial charge in [0.25, 0.3) is 0 Å². The maximum atomic E-state index is 13.2. The maximum Gasteiger partial charge on any atom is 0.180 e. The highest BCUT2D eigenvalue weighted by molar-refractivity contribution is 7.79. The highest BCUT2D eigenvalue weighted by Crippen LogP contribution is 2.39. The van der Waals surface area contributed by atoms with Crippen molar-refractivity contribution in [1.29, 1.82) is 0 Å². The van der Waals surface area contributed by atoms with Gasteiger partial charge >= 0.3 is 0 Å². The van der Waals surface area contributed by atoms with Crippen LogP contribution in [0.2, 0.25) is 0 Å². The van der Waals surface area contributed by atoms with Crippen LogP contribution in [0.5, 0.6) is 0 Å². The van der Waals surface area contributed by atoms with Gasteiger partial charge in [-0.15, -0.1) is 11.3 Å². The molecule has 0 bridgehead atoms. The summed E-state index contributed by atoms with van der Waals surface area (Å²) in [7, 11) is 0. The number of aryl methyl sites for hydroxylation is 1. The van der Waals surface area contributed by atoms with E-state index in [0.29, 0.717) is 33.6 Å².